The zero-order valence-electron chi connectivity index (χ0n) is 7.03. The molecular weight excluding hydrogens is 160 g/mol. The molecule has 1 aliphatic heterocycles. The Labute approximate surface area is 71.8 Å². The Bertz CT molecular complexity index is 120. The van der Waals surface area contributed by atoms with Crippen molar-refractivity contribution in [1.29, 1.82) is 0 Å². The van der Waals surface area contributed by atoms with Crippen LogP contribution in [0.15, 0.2) is 0 Å². The summed E-state index contributed by atoms with van der Waals surface area (Å²) in [6, 6.07) is 0. The second kappa shape index (κ2) is 5.97. The van der Waals surface area contributed by atoms with Gasteiger partial charge < -0.3 is 14.2 Å². The van der Waals surface area contributed by atoms with Crippen molar-refractivity contribution < 1.29 is 19.0 Å². The molecule has 0 N–H and O–H groups in total. The Morgan fingerprint density at radius 1 is 1.50 bits per heavy atom. The van der Waals surface area contributed by atoms with E-state index in [1.54, 1.807) is 0 Å². The summed E-state index contributed by atoms with van der Waals surface area (Å²) in [7, 11) is 0. The maximum atomic E-state index is 9.72. The molecule has 1 aliphatic rings. The molecule has 0 aliphatic carbocycles. The lowest BCUT2D eigenvalue weighted by Crippen LogP contribution is -2.16. The van der Waals surface area contributed by atoms with Gasteiger partial charge in [-0.2, -0.15) is 0 Å². The van der Waals surface area contributed by atoms with Crippen LogP contribution in [0, 0.1) is 0 Å². The average molecular weight is 174 g/mol. The third-order valence-corrected chi connectivity index (χ3v) is 1.74. The molecule has 0 bridgehead atoms. The van der Waals surface area contributed by atoms with Gasteiger partial charge in [-0.3, -0.25) is 4.79 Å². The number of carbonyl (C=O) groups excluding carboxylic acids is 1. The molecule has 0 amide bonds. The lowest BCUT2D eigenvalue weighted by atomic mass is 10.2. The molecule has 1 unspecified atom stereocenters. The first-order valence-corrected chi connectivity index (χ1v) is 4.18. The fraction of sp³-hybridized carbons (Fsp3) is 0.875. The van der Waals surface area contributed by atoms with Crippen molar-refractivity contribution in [1.82, 2.24) is 0 Å². The fourth-order valence-corrected chi connectivity index (χ4v) is 1.15. The van der Waals surface area contributed by atoms with Gasteiger partial charge in [0.05, 0.1) is 19.3 Å². The molecule has 1 atom stereocenters. The summed E-state index contributed by atoms with van der Waals surface area (Å²) in [5.41, 5.74) is 0. The molecule has 4 nitrogen and oxygen atoms in total. The minimum atomic E-state index is 0.251. The van der Waals surface area contributed by atoms with Gasteiger partial charge in [0.2, 0.25) is 0 Å². The number of rotatable bonds is 6. The van der Waals surface area contributed by atoms with E-state index >= 15 is 0 Å². The largest absolute Gasteiger partial charge is 0.465 e. The Balaban J connectivity index is 1.84. The summed E-state index contributed by atoms with van der Waals surface area (Å²) in [5.74, 6) is 0. The zero-order chi connectivity index (χ0) is 8.65. The van der Waals surface area contributed by atoms with Crippen LogP contribution in [0.2, 0.25) is 0 Å². The lowest BCUT2D eigenvalue weighted by molar-refractivity contribution is -0.130. The highest BCUT2D eigenvalue weighted by atomic mass is 16.6. The van der Waals surface area contributed by atoms with Crippen LogP contribution in [-0.4, -0.2) is 39.0 Å². The van der Waals surface area contributed by atoms with E-state index in [0.717, 1.165) is 19.4 Å². The van der Waals surface area contributed by atoms with E-state index in [1.165, 1.54) is 0 Å². The smallest absolute Gasteiger partial charge is 0.293 e. The van der Waals surface area contributed by atoms with Crippen LogP contribution in [0.1, 0.15) is 12.8 Å². The van der Waals surface area contributed by atoms with E-state index in [9.17, 15) is 4.79 Å². The fourth-order valence-electron chi connectivity index (χ4n) is 1.15. The summed E-state index contributed by atoms with van der Waals surface area (Å²) in [6.45, 7) is 2.67. The molecule has 4 heteroatoms. The van der Waals surface area contributed by atoms with E-state index in [-0.39, 0.29) is 6.10 Å². The van der Waals surface area contributed by atoms with E-state index in [2.05, 4.69) is 4.74 Å². The summed E-state index contributed by atoms with van der Waals surface area (Å²) in [4.78, 5) is 9.72. The highest BCUT2D eigenvalue weighted by Crippen LogP contribution is 2.11. The summed E-state index contributed by atoms with van der Waals surface area (Å²) in [6.07, 6.45) is 2.45. The Morgan fingerprint density at radius 3 is 3.08 bits per heavy atom. The molecular formula is C8H14O4. The Hall–Kier alpha value is -0.610. The van der Waals surface area contributed by atoms with Gasteiger partial charge in [-0.25, -0.2) is 0 Å². The topological polar surface area (TPSA) is 44.8 Å². The molecule has 0 aromatic rings. The van der Waals surface area contributed by atoms with E-state index in [0.29, 0.717) is 26.3 Å². The van der Waals surface area contributed by atoms with Gasteiger partial charge in [0.25, 0.3) is 6.47 Å². The third-order valence-electron chi connectivity index (χ3n) is 1.74. The molecule has 0 radical (unpaired) electrons. The van der Waals surface area contributed by atoms with Crippen molar-refractivity contribution in [2.45, 2.75) is 18.9 Å². The first-order valence-electron chi connectivity index (χ1n) is 4.18. The van der Waals surface area contributed by atoms with Crippen molar-refractivity contribution in [2.75, 3.05) is 26.4 Å². The van der Waals surface area contributed by atoms with Gasteiger partial charge >= 0.3 is 0 Å². The standard InChI is InChI=1S/C8H14O4/c9-7-11-5-4-10-6-8-2-1-3-12-8/h7-8H,1-6H2. The van der Waals surface area contributed by atoms with Crippen molar-refractivity contribution in [3.05, 3.63) is 0 Å². The van der Waals surface area contributed by atoms with Crippen LogP contribution in [-0.2, 0) is 19.0 Å². The maximum absolute atomic E-state index is 9.72. The number of hydrogen-bond donors (Lipinski definition) is 0. The van der Waals surface area contributed by atoms with E-state index in [4.69, 9.17) is 9.47 Å². The third kappa shape index (κ3) is 3.69. The first kappa shape index (κ1) is 9.48. The summed E-state index contributed by atoms with van der Waals surface area (Å²) in [5, 5.41) is 0. The van der Waals surface area contributed by atoms with Crippen LogP contribution >= 0.6 is 0 Å². The SMILES string of the molecule is O=COCCOCC1CCCO1. The minimum absolute atomic E-state index is 0.251. The van der Waals surface area contributed by atoms with Crippen molar-refractivity contribution in [2.24, 2.45) is 0 Å². The van der Waals surface area contributed by atoms with E-state index < -0.39 is 0 Å². The molecule has 12 heavy (non-hydrogen) atoms. The Morgan fingerprint density at radius 2 is 2.42 bits per heavy atom. The van der Waals surface area contributed by atoms with Gasteiger partial charge in [-0.15, -0.1) is 0 Å². The van der Waals surface area contributed by atoms with Crippen LogP contribution in [0.3, 0.4) is 0 Å². The zero-order valence-corrected chi connectivity index (χ0v) is 7.03. The van der Waals surface area contributed by atoms with Crippen LogP contribution in [0.25, 0.3) is 0 Å². The molecule has 0 saturated carbocycles. The number of carbonyl (C=O) groups is 1. The van der Waals surface area contributed by atoms with Crippen LogP contribution in [0.4, 0.5) is 0 Å². The van der Waals surface area contributed by atoms with Crippen LogP contribution < -0.4 is 0 Å². The Kier molecular flexibility index (Phi) is 4.71. The number of ether oxygens (including phenoxy) is 3. The normalized spacial score (nSPS) is 22.5. The maximum Gasteiger partial charge on any atom is 0.293 e. The van der Waals surface area contributed by atoms with Gasteiger partial charge in [0, 0.05) is 6.61 Å². The van der Waals surface area contributed by atoms with Gasteiger partial charge in [-0.1, -0.05) is 0 Å². The molecule has 1 saturated heterocycles. The average Bonchev–Trinajstić information content (AvgIpc) is 2.57. The van der Waals surface area contributed by atoms with Crippen LogP contribution in [0.5, 0.6) is 0 Å². The molecule has 1 rings (SSSR count). The highest BCUT2D eigenvalue weighted by molar-refractivity contribution is 5.36. The summed E-state index contributed by atoms with van der Waals surface area (Å²) < 4.78 is 15.0. The quantitative estimate of drug-likeness (QED) is 0.430. The van der Waals surface area contributed by atoms with E-state index in [1.807, 2.05) is 0 Å². The van der Waals surface area contributed by atoms with Crippen molar-refractivity contribution in [3.63, 3.8) is 0 Å². The molecule has 0 spiro atoms. The van der Waals surface area contributed by atoms with Crippen molar-refractivity contribution in [3.8, 4) is 0 Å². The molecule has 1 fully saturated rings. The number of hydrogen-bond acceptors (Lipinski definition) is 4. The molecule has 0 aromatic heterocycles. The second-order valence-corrected chi connectivity index (χ2v) is 2.68. The minimum Gasteiger partial charge on any atom is -0.465 e. The second-order valence-electron chi connectivity index (χ2n) is 2.68. The summed E-state index contributed by atoms with van der Waals surface area (Å²) >= 11 is 0. The van der Waals surface area contributed by atoms with Crippen molar-refractivity contribution >= 4 is 6.47 Å². The lowest BCUT2D eigenvalue weighted by Gasteiger charge is -2.08. The highest BCUT2D eigenvalue weighted by Gasteiger charge is 2.14. The predicted octanol–water partition coefficient (Wildman–Crippen LogP) is 0.355. The molecule has 1 heterocycles. The predicted molar refractivity (Wildman–Crippen MR) is 41.8 cm³/mol. The molecule has 70 valence electrons. The molecule has 0 aromatic carbocycles. The monoisotopic (exact) mass is 174 g/mol. The van der Waals surface area contributed by atoms with Gasteiger partial charge in [-0.05, 0) is 12.8 Å². The first-order chi connectivity index (χ1) is 5.93. The van der Waals surface area contributed by atoms with Gasteiger partial charge in [0.1, 0.15) is 6.61 Å². The van der Waals surface area contributed by atoms with Gasteiger partial charge in [0.15, 0.2) is 0 Å².